The highest BCUT2D eigenvalue weighted by atomic mass is 19.1. The fourth-order valence-electron chi connectivity index (χ4n) is 2.61. The summed E-state index contributed by atoms with van der Waals surface area (Å²) in [5, 5.41) is 13.0. The van der Waals surface area contributed by atoms with Crippen LogP contribution in [0.4, 0.5) is 9.18 Å². The number of carbonyl (C=O) groups excluding carboxylic acids is 1. The van der Waals surface area contributed by atoms with Crippen LogP contribution in [0.25, 0.3) is 0 Å². The molecule has 0 radical (unpaired) electrons. The molecule has 0 bridgehead atoms. The Bertz CT molecular complexity index is 545. The molecule has 116 valence electrons. The van der Waals surface area contributed by atoms with Gasteiger partial charge in [0.25, 0.3) is 0 Å². The number of hydrogen-bond donors (Lipinski definition) is 2. The Labute approximate surface area is 124 Å². The zero-order valence-corrected chi connectivity index (χ0v) is 12.9. The number of benzene rings is 1. The summed E-state index contributed by atoms with van der Waals surface area (Å²) in [5.41, 5.74) is -0.139. The van der Waals surface area contributed by atoms with Crippen LogP contribution in [-0.2, 0) is 15.8 Å². The SMILES string of the molecule is CNC(=O)OC1CC(O)(c2ccc(F)c(C(C)(C)C)c2)C1. The first-order valence-corrected chi connectivity index (χ1v) is 7.07. The first-order chi connectivity index (χ1) is 9.65. The zero-order valence-electron chi connectivity index (χ0n) is 12.9. The molecule has 0 aliphatic heterocycles. The van der Waals surface area contributed by atoms with E-state index in [0.717, 1.165) is 0 Å². The molecule has 1 aliphatic rings. The van der Waals surface area contributed by atoms with Gasteiger partial charge in [-0.25, -0.2) is 9.18 Å². The summed E-state index contributed by atoms with van der Waals surface area (Å²) in [6.07, 6.45) is -0.153. The zero-order chi connectivity index (χ0) is 15.8. The van der Waals surface area contributed by atoms with Crippen molar-refractivity contribution in [3.05, 3.63) is 35.1 Å². The Kier molecular flexibility index (Phi) is 3.97. The van der Waals surface area contributed by atoms with Gasteiger partial charge in [-0.2, -0.15) is 0 Å². The number of aliphatic hydroxyl groups is 1. The summed E-state index contributed by atoms with van der Waals surface area (Å²) >= 11 is 0. The monoisotopic (exact) mass is 295 g/mol. The molecule has 1 amide bonds. The van der Waals surface area contributed by atoms with Crippen LogP contribution >= 0.6 is 0 Å². The van der Waals surface area contributed by atoms with Crippen LogP contribution in [0.5, 0.6) is 0 Å². The molecule has 1 aliphatic carbocycles. The van der Waals surface area contributed by atoms with Gasteiger partial charge in [0.2, 0.25) is 0 Å². The molecule has 0 unspecified atom stereocenters. The van der Waals surface area contributed by atoms with Crippen molar-refractivity contribution in [2.75, 3.05) is 7.05 Å². The van der Waals surface area contributed by atoms with E-state index in [4.69, 9.17) is 4.74 Å². The van der Waals surface area contributed by atoms with Gasteiger partial charge in [-0.3, -0.25) is 0 Å². The van der Waals surface area contributed by atoms with E-state index in [1.807, 2.05) is 20.8 Å². The van der Waals surface area contributed by atoms with E-state index in [0.29, 0.717) is 24.0 Å². The normalized spacial score (nSPS) is 25.1. The number of ether oxygens (including phenoxy) is 1. The lowest BCUT2D eigenvalue weighted by atomic mass is 9.71. The van der Waals surface area contributed by atoms with E-state index in [-0.39, 0.29) is 17.3 Å². The first kappa shape index (κ1) is 15.8. The summed E-state index contributed by atoms with van der Waals surface area (Å²) in [6, 6.07) is 4.70. The van der Waals surface area contributed by atoms with Crippen molar-refractivity contribution >= 4 is 6.09 Å². The second kappa shape index (κ2) is 5.30. The fourth-order valence-corrected chi connectivity index (χ4v) is 2.61. The molecular weight excluding hydrogens is 273 g/mol. The molecule has 0 saturated heterocycles. The molecule has 4 nitrogen and oxygen atoms in total. The summed E-state index contributed by atoms with van der Waals surface area (Å²) in [4.78, 5) is 11.1. The Hall–Kier alpha value is -1.62. The lowest BCUT2D eigenvalue weighted by Gasteiger charge is -2.43. The minimum atomic E-state index is -1.05. The van der Waals surface area contributed by atoms with Crippen LogP contribution in [0.15, 0.2) is 18.2 Å². The minimum absolute atomic E-state index is 0.271. The molecule has 0 heterocycles. The quantitative estimate of drug-likeness (QED) is 0.882. The fraction of sp³-hybridized carbons (Fsp3) is 0.562. The molecule has 0 aromatic heterocycles. The van der Waals surface area contributed by atoms with Crippen LogP contribution in [0.2, 0.25) is 0 Å². The van der Waals surface area contributed by atoms with Gasteiger partial charge < -0.3 is 15.2 Å². The van der Waals surface area contributed by atoms with E-state index in [9.17, 15) is 14.3 Å². The van der Waals surface area contributed by atoms with E-state index in [1.54, 1.807) is 12.1 Å². The van der Waals surface area contributed by atoms with Gasteiger partial charge >= 0.3 is 6.09 Å². The third-order valence-electron chi connectivity index (χ3n) is 3.92. The van der Waals surface area contributed by atoms with Crippen LogP contribution in [-0.4, -0.2) is 24.4 Å². The van der Waals surface area contributed by atoms with Gasteiger partial charge in [-0.05, 0) is 28.7 Å². The smallest absolute Gasteiger partial charge is 0.407 e. The highest BCUT2D eigenvalue weighted by molar-refractivity contribution is 5.67. The third-order valence-corrected chi connectivity index (χ3v) is 3.92. The van der Waals surface area contributed by atoms with Gasteiger partial charge in [0.1, 0.15) is 11.9 Å². The molecule has 2 rings (SSSR count). The Morgan fingerprint density at radius 2 is 2.05 bits per heavy atom. The van der Waals surface area contributed by atoms with Gasteiger partial charge in [0, 0.05) is 19.9 Å². The van der Waals surface area contributed by atoms with Crippen molar-refractivity contribution in [3.63, 3.8) is 0 Å². The molecule has 1 fully saturated rings. The van der Waals surface area contributed by atoms with Crippen LogP contribution < -0.4 is 5.32 Å². The summed E-state index contributed by atoms with van der Waals surface area (Å²) < 4.78 is 19.0. The van der Waals surface area contributed by atoms with Crippen molar-refractivity contribution < 1.29 is 19.0 Å². The largest absolute Gasteiger partial charge is 0.446 e. The van der Waals surface area contributed by atoms with Gasteiger partial charge in [-0.1, -0.05) is 26.8 Å². The van der Waals surface area contributed by atoms with Crippen molar-refractivity contribution in [3.8, 4) is 0 Å². The van der Waals surface area contributed by atoms with Crippen molar-refractivity contribution in [2.24, 2.45) is 0 Å². The molecule has 2 N–H and O–H groups in total. The second-order valence-electron chi connectivity index (χ2n) is 6.66. The van der Waals surface area contributed by atoms with Crippen LogP contribution in [0, 0.1) is 5.82 Å². The number of halogens is 1. The lowest BCUT2D eigenvalue weighted by Crippen LogP contribution is -2.47. The van der Waals surface area contributed by atoms with Crippen molar-refractivity contribution in [1.82, 2.24) is 5.32 Å². The van der Waals surface area contributed by atoms with Crippen LogP contribution in [0.3, 0.4) is 0 Å². The number of nitrogens with one attached hydrogen (secondary N) is 1. The number of alkyl carbamates (subject to hydrolysis) is 1. The topological polar surface area (TPSA) is 58.6 Å². The molecule has 5 heteroatoms. The van der Waals surface area contributed by atoms with E-state index < -0.39 is 11.7 Å². The lowest BCUT2D eigenvalue weighted by molar-refractivity contribution is -0.121. The minimum Gasteiger partial charge on any atom is -0.446 e. The van der Waals surface area contributed by atoms with E-state index in [2.05, 4.69) is 5.32 Å². The van der Waals surface area contributed by atoms with E-state index >= 15 is 0 Å². The van der Waals surface area contributed by atoms with Gasteiger partial charge in [0.05, 0.1) is 5.60 Å². The summed E-state index contributed by atoms with van der Waals surface area (Å²) in [5.74, 6) is -0.271. The maximum Gasteiger partial charge on any atom is 0.407 e. The number of rotatable bonds is 2. The highest BCUT2D eigenvalue weighted by Crippen LogP contribution is 2.44. The number of amides is 1. The van der Waals surface area contributed by atoms with Crippen LogP contribution in [0.1, 0.15) is 44.7 Å². The molecule has 0 spiro atoms. The molecular formula is C16H22FNO3. The standard InChI is InChI=1S/C16H22FNO3/c1-15(2,3)12-7-10(5-6-13(12)17)16(20)8-11(9-16)21-14(19)18-4/h5-7,11,20H,8-9H2,1-4H3,(H,18,19). The first-order valence-electron chi connectivity index (χ1n) is 7.07. The molecule has 1 aromatic carbocycles. The predicted molar refractivity (Wildman–Crippen MR) is 77.6 cm³/mol. The Morgan fingerprint density at radius 1 is 1.43 bits per heavy atom. The number of hydrogen-bond acceptors (Lipinski definition) is 3. The average Bonchev–Trinajstić information content (AvgIpc) is 2.35. The van der Waals surface area contributed by atoms with Gasteiger partial charge in [-0.15, -0.1) is 0 Å². The molecule has 1 aromatic rings. The highest BCUT2D eigenvalue weighted by Gasteiger charge is 2.46. The Balaban J connectivity index is 2.15. The van der Waals surface area contributed by atoms with E-state index in [1.165, 1.54) is 13.1 Å². The van der Waals surface area contributed by atoms with Crippen molar-refractivity contribution in [2.45, 2.75) is 50.7 Å². The van der Waals surface area contributed by atoms with Crippen molar-refractivity contribution in [1.29, 1.82) is 0 Å². The third kappa shape index (κ3) is 3.18. The second-order valence-corrected chi connectivity index (χ2v) is 6.66. The molecule has 1 saturated carbocycles. The molecule has 0 atom stereocenters. The summed E-state index contributed by atoms with van der Waals surface area (Å²) in [7, 11) is 1.49. The number of carbonyl (C=O) groups is 1. The maximum absolute atomic E-state index is 13.9. The maximum atomic E-state index is 13.9. The summed E-state index contributed by atoms with van der Waals surface area (Å²) in [6.45, 7) is 5.78. The Morgan fingerprint density at radius 3 is 2.57 bits per heavy atom. The van der Waals surface area contributed by atoms with Gasteiger partial charge in [0.15, 0.2) is 0 Å². The molecule has 21 heavy (non-hydrogen) atoms. The average molecular weight is 295 g/mol. The predicted octanol–water partition coefficient (Wildman–Crippen LogP) is 2.83.